The molecule has 1 amide bonds. The number of rotatable bonds is 1. The second-order valence-corrected chi connectivity index (χ2v) is 4.87. The van der Waals surface area contributed by atoms with Gasteiger partial charge in [0.25, 0.3) is 5.91 Å². The highest BCUT2D eigenvalue weighted by Gasteiger charge is 2.19. The van der Waals surface area contributed by atoms with E-state index in [1.807, 2.05) is 4.90 Å². The van der Waals surface area contributed by atoms with Gasteiger partial charge in [-0.1, -0.05) is 11.8 Å². The first-order valence-electron chi connectivity index (χ1n) is 6.73. The molecule has 0 atom stereocenters. The molecule has 1 aliphatic heterocycles. The number of hydrogen-bond donors (Lipinski definition) is 1. The molecule has 20 heavy (non-hydrogen) atoms. The van der Waals surface area contributed by atoms with Crippen LogP contribution in [0.3, 0.4) is 0 Å². The maximum absolute atomic E-state index is 12.5. The summed E-state index contributed by atoms with van der Waals surface area (Å²) in [5.41, 5.74) is 1.20. The van der Waals surface area contributed by atoms with Crippen molar-refractivity contribution in [2.75, 3.05) is 39.8 Å². The molecule has 0 radical (unpaired) electrons. The SMILES string of the molecule is CN1CCCN(C(=O)c2cncc(C#CCO)c2)CC1. The molecule has 0 aromatic carbocycles. The fourth-order valence-corrected chi connectivity index (χ4v) is 2.20. The third kappa shape index (κ3) is 3.80. The van der Waals surface area contributed by atoms with Gasteiger partial charge in [0.2, 0.25) is 0 Å². The summed E-state index contributed by atoms with van der Waals surface area (Å²) in [5.74, 6) is 5.33. The second kappa shape index (κ2) is 7.04. The summed E-state index contributed by atoms with van der Waals surface area (Å²) in [6, 6.07) is 1.73. The lowest BCUT2D eigenvalue weighted by Gasteiger charge is -2.20. The van der Waals surface area contributed by atoms with Crippen LogP contribution in [0.15, 0.2) is 18.5 Å². The van der Waals surface area contributed by atoms with Crippen molar-refractivity contribution in [1.82, 2.24) is 14.8 Å². The van der Waals surface area contributed by atoms with E-state index >= 15 is 0 Å². The van der Waals surface area contributed by atoms with Crippen LogP contribution < -0.4 is 0 Å². The van der Waals surface area contributed by atoms with Crippen molar-refractivity contribution >= 4 is 5.91 Å². The molecule has 5 nitrogen and oxygen atoms in total. The number of hydrogen-bond acceptors (Lipinski definition) is 4. The molecule has 0 bridgehead atoms. The first-order chi connectivity index (χ1) is 9.70. The standard InChI is InChI=1S/C15H19N3O2/c1-17-5-3-6-18(8-7-17)15(20)14-10-13(4-2-9-19)11-16-12-14/h10-12,19H,3,5-9H2,1H3. The van der Waals surface area contributed by atoms with Gasteiger partial charge in [-0.2, -0.15) is 0 Å². The van der Waals surface area contributed by atoms with E-state index in [0.29, 0.717) is 11.1 Å². The Morgan fingerprint density at radius 2 is 2.20 bits per heavy atom. The summed E-state index contributed by atoms with van der Waals surface area (Å²) >= 11 is 0. The minimum absolute atomic E-state index is 0.000415. The monoisotopic (exact) mass is 273 g/mol. The van der Waals surface area contributed by atoms with Crippen molar-refractivity contribution in [3.8, 4) is 11.8 Å². The lowest BCUT2D eigenvalue weighted by atomic mass is 10.2. The molecular formula is C15H19N3O2. The number of aromatic nitrogens is 1. The zero-order valence-corrected chi connectivity index (χ0v) is 11.7. The van der Waals surface area contributed by atoms with Crippen LogP contribution in [0.4, 0.5) is 0 Å². The fourth-order valence-electron chi connectivity index (χ4n) is 2.20. The number of amides is 1. The number of pyridine rings is 1. The maximum Gasteiger partial charge on any atom is 0.255 e. The van der Waals surface area contributed by atoms with Crippen molar-refractivity contribution in [3.63, 3.8) is 0 Å². The largest absolute Gasteiger partial charge is 0.384 e. The van der Waals surface area contributed by atoms with Gasteiger partial charge in [-0.25, -0.2) is 0 Å². The minimum atomic E-state index is -0.198. The van der Waals surface area contributed by atoms with Crippen molar-refractivity contribution in [3.05, 3.63) is 29.6 Å². The van der Waals surface area contributed by atoms with Gasteiger partial charge in [0.15, 0.2) is 0 Å². The number of likely N-dealkylation sites (N-methyl/N-ethyl adjacent to an activating group) is 1. The maximum atomic E-state index is 12.5. The van der Waals surface area contributed by atoms with Crippen molar-refractivity contribution in [2.24, 2.45) is 0 Å². The van der Waals surface area contributed by atoms with Crippen LogP contribution in [-0.4, -0.2) is 65.6 Å². The van der Waals surface area contributed by atoms with E-state index in [4.69, 9.17) is 5.11 Å². The third-order valence-electron chi connectivity index (χ3n) is 3.30. The summed E-state index contributed by atoms with van der Waals surface area (Å²) in [6.45, 7) is 3.22. The molecule has 1 N–H and O–H groups in total. The first-order valence-corrected chi connectivity index (χ1v) is 6.73. The molecule has 0 saturated carbocycles. The number of carbonyl (C=O) groups excluding carboxylic acids is 1. The Labute approximate surface area is 119 Å². The van der Waals surface area contributed by atoms with Crippen molar-refractivity contribution < 1.29 is 9.90 Å². The molecule has 5 heteroatoms. The van der Waals surface area contributed by atoms with Gasteiger partial charge in [0, 0.05) is 37.6 Å². The molecule has 1 fully saturated rings. The minimum Gasteiger partial charge on any atom is -0.384 e. The van der Waals surface area contributed by atoms with E-state index in [-0.39, 0.29) is 12.5 Å². The molecule has 1 aliphatic rings. The van der Waals surface area contributed by atoms with E-state index in [2.05, 4.69) is 28.8 Å². The molecule has 0 unspecified atom stereocenters. The highest BCUT2D eigenvalue weighted by atomic mass is 16.2. The van der Waals surface area contributed by atoms with Gasteiger partial charge >= 0.3 is 0 Å². The molecule has 1 saturated heterocycles. The summed E-state index contributed by atoms with van der Waals surface area (Å²) in [7, 11) is 2.07. The van der Waals surface area contributed by atoms with Gasteiger partial charge in [0.1, 0.15) is 6.61 Å². The van der Waals surface area contributed by atoms with Gasteiger partial charge in [-0.05, 0) is 26.1 Å². The molecule has 1 aromatic rings. The average Bonchev–Trinajstić information content (AvgIpc) is 2.69. The Balaban J connectivity index is 2.12. The molecule has 0 aliphatic carbocycles. The van der Waals surface area contributed by atoms with Gasteiger partial charge < -0.3 is 14.9 Å². The van der Waals surface area contributed by atoms with Crippen LogP contribution in [0.5, 0.6) is 0 Å². The van der Waals surface area contributed by atoms with Crippen LogP contribution in [0.1, 0.15) is 22.3 Å². The Kier molecular flexibility index (Phi) is 5.10. The topological polar surface area (TPSA) is 56.7 Å². The number of aliphatic hydroxyl groups is 1. The molecule has 106 valence electrons. The van der Waals surface area contributed by atoms with Gasteiger partial charge in [0.05, 0.1) is 5.56 Å². The normalized spacial score (nSPS) is 16.2. The zero-order chi connectivity index (χ0) is 14.4. The predicted octanol–water partition coefficient (Wildman–Crippen LogP) is 0.203. The Morgan fingerprint density at radius 3 is 3.00 bits per heavy atom. The fraction of sp³-hybridized carbons (Fsp3) is 0.467. The molecule has 2 heterocycles. The molecule has 2 rings (SSSR count). The van der Waals surface area contributed by atoms with Gasteiger partial charge in [-0.3, -0.25) is 9.78 Å². The quantitative estimate of drug-likeness (QED) is 0.743. The molecule has 0 spiro atoms. The second-order valence-electron chi connectivity index (χ2n) is 4.87. The highest BCUT2D eigenvalue weighted by molar-refractivity contribution is 5.94. The summed E-state index contributed by atoms with van der Waals surface area (Å²) < 4.78 is 0. The molecule has 1 aromatic heterocycles. The first kappa shape index (κ1) is 14.5. The summed E-state index contributed by atoms with van der Waals surface area (Å²) in [4.78, 5) is 20.6. The predicted molar refractivity (Wildman–Crippen MR) is 76.2 cm³/mol. The van der Waals surface area contributed by atoms with Crippen molar-refractivity contribution in [2.45, 2.75) is 6.42 Å². The smallest absolute Gasteiger partial charge is 0.255 e. The third-order valence-corrected chi connectivity index (χ3v) is 3.30. The van der Waals surface area contributed by atoms with Crippen LogP contribution >= 0.6 is 0 Å². The lowest BCUT2D eigenvalue weighted by Crippen LogP contribution is -2.34. The Morgan fingerprint density at radius 1 is 1.35 bits per heavy atom. The lowest BCUT2D eigenvalue weighted by molar-refractivity contribution is 0.0762. The molecular weight excluding hydrogens is 254 g/mol. The Bertz CT molecular complexity index is 533. The number of carbonyl (C=O) groups is 1. The van der Waals surface area contributed by atoms with Crippen LogP contribution in [0, 0.1) is 11.8 Å². The van der Waals surface area contributed by atoms with E-state index < -0.39 is 0 Å². The summed E-state index contributed by atoms with van der Waals surface area (Å²) in [6.07, 6.45) is 4.15. The van der Waals surface area contributed by atoms with Gasteiger partial charge in [-0.15, -0.1) is 0 Å². The van der Waals surface area contributed by atoms with E-state index in [9.17, 15) is 4.79 Å². The van der Waals surface area contributed by atoms with E-state index in [0.717, 1.165) is 32.6 Å². The Hall–Kier alpha value is -1.90. The van der Waals surface area contributed by atoms with Crippen LogP contribution in [-0.2, 0) is 0 Å². The van der Waals surface area contributed by atoms with E-state index in [1.54, 1.807) is 18.5 Å². The number of aliphatic hydroxyl groups excluding tert-OH is 1. The highest BCUT2D eigenvalue weighted by Crippen LogP contribution is 2.09. The van der Waals surface area contributed by atoms with Crippen LogP contribution in [0.25, 0.3) is 0 Å². The van der Waals surface area contributed by atoms with Crippen molar-refractivity contribution in [1.29, 1.82) is 0 Å². The number of nitrogens with zero attached hydrogens (tertiary/aromatic N) is 3. The zero-order valence-electron chi connectivity index (χ0n) is 11.7. The average molecular weight is 273 g/mol. The van der Waals surface area contributed by atoms with E-state index in [1.165, 1.54) is 0 Å². The van der Waals surface area contributed by atoms with Crippen LogP contribution in [0.2, 0.25) is 0 Å². The summed E-state index contributed by atoms with van der Waals surface area (Å²) in [5, 5.41) is 8.69.